The third-order valence-corrected chi connectivity index (χ3v) is 5.37. The summed E-state index contributed by atoms with van der Waals surface area (Å²) < 4.78 is 31.8. The van der Waals surface area contributed by atoms with E-state index in [-0.39, 0.29) is 5.75 Å². The van der Waals surface area contributed by atoms with Crippen molar-refractivity contribution in [3.05, 3.63) is 22.3 Å². The smallest absolute Gasteiger partial charge is 0.215 e. The standard InChI is InChI=1S/C12H18BrN3O3S/c1-10-8-11(13)9-15-12(10)14-2-7-20(17,18)16-3-5-19-6-4-16/h8-9H,2-7H2,1H3,(H,14,15). The van der Waals surface area contributed by atoms with Crippen molar-refractivity contribution in [3.63, 3.8) is 0 Å². The Kier molecular flexibility index (Phi) is 5.36. The molecule has 1 N–H and O–H groups in total. The molecule has 0 aliphatic carbocycles. The van der Waals surface area contributed by atoms with E-state index in [1.165, 1.54) is 4.31 Å². The first-order chi connectivity index (χ1) is 9.49. The van der Waals surface area contributed by atoms with Gasteiger partial charge in [-0.1, -0.05) is 0 Å². The lowest BCUT2D eigenvalue weighted by atomic mass is 10.3. The van der Waals surface area contributed by atoms with E-state index >= 15 is 0 Å². The fraction of sp³-hybridized carbons (Fsp3) is 0.583. The molecule has 0 radical (unpaired) electrons. The van der Waals surface area contributed by atoms with Gasteiger partial charge in [0.25, 0.3) is 0 Å². The molecule has 1 aliphatic heterocycles. The number of halogens is 1. The van der Waals surface area contributed by atoms with Crippen molar-refractivity contribution in [1.29, 1.82) is 0 Å². The highest BCUT2D eigenvalue weighted by atomic mass is 79.9. The highest BCUT2D eigenvalue weighted by molar-refractivity contribution is 9.10. The first-order valence-corrected chi connectivity index (χ1v) is 8.81. The van der Waals surface area contributed by atoms with Crippen LogP contribution in [0.5, 0.6) is 0 Å². The number of aromatic nitrogens is 1. The Balaban J connectivity index is 1.88. The molecule has 1 aromatic rings. The summed E-state index contributed by atoms with van der Waals surface area (Å²) in [6.45, 7) is 4.10. The summed E-state index contributed by atoms with van der Waals surface area (Å²) in [5.74, 6) is 0.773. The largest absolute Gasteiger partial charge is 0.379 e. The summed E-state index contributed by atoms with van der Waals surface area (Å²) in [6.07, 6.45) is 1.69. The lowest BCUT2D eigenvalue weighted by Gasteiger charge is -2.26. The zero-order chi connectivity index (χ0) is 14.6. The third-order valence-electron chi connectivity index (χ3n) is 3.06. The van der Waals surface area contributed by atoms with Crippen molar-refractivity contribution in [3.8, 4) is 0 Å². The molecule has 0 aromatic carbocycles. The van der Waals surface area contributed by atoms with Crippen molar-refractivity contribution < 1.29 is 13.2 Å². The topological polar surface area (TPSA) is 71.5 Å². The first kappa shape index (κ1) is 15.7. The van der Waals surface area contributed by atoms with Crippen molar-refractivity contribution in [2.24, 2.45) is 0 Å². The highest BCUT2D eigenvalue weighted by Gasteiger charge is 2.23. The van der Waals surface area contributed by atoms with Crippen LogP contribution in [-0.4, -0.2) is 56.3 Å². The van der Waals surface area contributed by atoms with Gasteiger partial charge in [-0.05, 0) is 34.5 Å². The monoisotopic (exact) mass is 363 g/mol. The molecule has 1 saturated heterocycles. The van der Waals surface area contributed by atoms with Crippen LogP contribution in [0.15, 0.2) is 16.7 Å². The van der Waals surface area contributed by atoms with Crippen molar-refractivity contribution in [2.75, 3.05) is 43.9 Å². The second-order valence-corrected chi connectivity index (χ2v) is 7.58. The zero-order valence-corrected chi connectivity index (χ0v) is 13.7. The molecule has 2 heterocycles. The Bertz CT molecular complexity index is 559. The molecule has 0 atom stereocenters. The van der Waals surface area contributed by atoms with Gasteiger partial charge in [0.2, 0.25) is 10.0 Å². The Morgan fingerprint density at radius 1 is 1.45 bits per heavy atom. The molecule has 1 aliphatic rings. The molecule has 112 valence electrons. The molecule has 0 unspecified atom stereocenters. The van der Waals surface area contributed by atoms with Crippen LogP contribution in [-0.2, 0) is 14.8 Å². The molecular weight excluding hydrogens is 346 g/mol. The number of pyridine rings is 1. The second kappa shape index (κ2) is 6.84. The van der Waals surface area contributed by atoms with Crippen LogP contribution in [0.25, 0.3) is 0 Å². The number of morpholine rings is 1. The Labute approximate surface area is 127 Å². The van der Waals surface area contributed by atoms with E-state index in [0.717, 1.165) is 10.0 Å². The van der Waals surface area contributed by atoms with Crippen LogP contribution in [0, 0.1) is 6.92 Å². The van der Waals surface area contributed by atoms with Crippen LogP contribution < -0.4 is 5.32 Å². The van der Waals surface area contributed by atoms with Gasteiger partial charge in [0.15, 0.2) is 0 Å². The number of ether oxygens (including phenoxy) is 1. The van der Waals surface area contributed by atoms with Crippen LogP contribution >= 0.6 is 15.9 Å². The van der Waals surface area contributed by atoms with Gasteiger partial charge in [0.1, 0.15) is 5.82 Å². The van der Waals surface area contributed by atoms with E-state index in [2.05, 4.69) is 26.2 Å². The van der Waals surface area contributed by atoms with Crippen molar-refractivity contribution in [1.82, 2.24) is 9.29 Å². The van der Waals surface area contributed by atoms with Gasteiger partial charge >= 0.3 is 0 Å². The number of anilines is 1. The Morgan fingerprint density at radius 2 is 2.15 bits per heavy atom. The fourth-order valence-electron chi connectivity index (χ4n) is 1.98. The molecule has 0 amide bonds. The van der Waals surface area contributed by atoms with E-state index in [0.29, 0.717) is 38.7 Å². The fourth-order valence-corrected chi connectivity index (χ4v) is 3.75. The first-order valence-electron chi connectivity index (χ1n) is 6.40. The molecule has 1 aromatic heterocycles. The molecule has 6 nitrogen and oxygen atoms in total. The molecule has 2 rings (SSSR count). The van der Waals surface area contributed by atoms with Gasteiger partial charge in [0.05, 0.1) is 19.0 Å². The maximum Gasteiger partial charge on any atom is 0.215 e. The van der Waals surface area contributed by atoms with Crippen molar-refractivity contribution >= 4 is 31.8 Å². The Hall–Kier alpha value is -0.700. The van der Waals surface area contributed by atoms with Gasteiger partial charge in [-0.25, -0.2) is 13.4 Å². The van der Waals surface area contributed by atoms with Crippen LogP contribution in [0.3, 0.4) is 0 Å². The van der Waals surface area contributed by atoms with Crippen LogP contribution in [0.1, 0.15) is 5.56 Å². The number of hydrogen-bond acceptors (Lipinski definition) is 5. The lowest BCUT2D eigenvalue weighted by Crippen LogP contribution is -2.42. The van der Waals surface area contributed by atoms with Gasteiger partial charge in [-0.3, -0.25) is 0 Å². The normalized spacial score (nSPS) is 17.1. The van der Waals surface area contributed by atoms with E-state index in [1.807, 2.05) is 13.0 Å². The Morgan fingerprint density at radius 3 is 2.80 bits per heavy atom. The number of nitrogens with zero attached hydrogens (tertiary/aromatic N) is 2. The highest BCUT2D eigenvalue weighted by Crippen LogP contribution is 2.16. The molecule has 20 heavy (non-hydrogen) atoms. The van der Waals surface area contributed by atoms with E-state index < -0.39 is 10.0 Å². The number of aryl methyl sites for hydroxylation is 1. The predicted octanol–water partition coefficient (Wildman–Crippen LogP) is 1.23. The molecule has 1 fully saturated rings. The van der Waals surface area contributed by atoms with Gasteiger partial charge in [0, 0.05) is 30.3 Å². The molecule has 0 bridgehead atoms. The van der Waals surface area contributed by atoms with Crippen molar-refractivity contribution in [2.45, 2.75) is 6.92 Å². The zero-order valence-electron chi connectivity index (χ0n) is 11.3. The van der Waals surface area contributed by atoms with Gasteiger partial charge < -0.3 is 10.1 Å². The van der Waals surface area contributed by atoms with E-state index in [4.69, 9.17) is 4.74 Å². The van der Waals surface area contributed by atoms with E-state index in [1.54, 1.807) is 6.20 Å². The molecule has 8 heteroatoms. The van der Waals surface area contributed by atoms with Crippen LogP contribution in [0.2, 0.25) is 0 Å². The summed E-state index contributed by atoms with van der Waals surface area (Å²) in [5.41, 5.74) is 0.975. The summed E-state index contributed by atoms with van der Waals surface area (Å²) in [6, 6.07) is 1.94. The SMILES string of the molecule is Cc1cc(Br)cnc1NCCS(=O)(=O)N1CCOCC1. The average Bonchev–Trinajstić information content (AvgIpc) is 2.42. The maximum absolute atomic E-state index is 12.1. The number of nitrogens with one attached hydrogen (secondary N) is 1. The summed E-state index contributed by atoms with van der Waals surface area (Å²) in [5, 5.41) is 3.07. The number of hydrogen-bond donors (Lipinski definition) is 1. The lowest BCUT2D eigenvalue weighted by molar-refractivity contribution is 0.0731. The summed E-state index contributed by atoms with van der Waals surface area (Å²) in [7, 11) is -3.22. The minimum absolute atomic E-state index is 0.0597. The minimum Gasteiger partial charge on any atom is -0.379 e. The van der Waals surface area contributed by atoms with E-state index in [9.17, 15) is 8.42 Å². The predicted molar refractivity (Wildman–Crippen MR) is 81.3 cm³/mol. The van der Waals surface area contributed by atoms with Gasteiger partial charge in [-0.15, -0.1) is 0 Å². The number of rotatable bonds is 5. The number of sulfonamides is 1. The van der Waals surface area contributed by atoms with Crippen LogP contribution in [0.4, 0.5) is 5.82 Å². The van der Waals surface area contributed by atoms with Gasteiger partial charge in [-0.2, -0.15) is 4.31 Å². The maximum atomic E-state index is 12.1. The molecule has 0 spiro atoms. The third kappa shape index (κ3) is 4.15. The molecular formula is C12H18BrN3O3S. The second-order valence-electron chi connectivity index (χ2n) is 4.57. The average molecular weight is 364 g/mol. The summed E-state index contributed by atoms with van der Waals surface area (Å²) >= 11 is 3.34. The molecule has 0 saturated carbocycles. The summed E-state index contributed by atoms with van der Waals surface area (Å²) in [4.78, 5) is 4.22. The minimum atomic E-state index is -3.22. The quantitative estimate of drug-likeness (QED) is 0.851.